The normalized spacial score (nSPS) is 29.1. The van der Waals surface area contributed by atoms with Gasteiger partial charge in [-0.05, 0) is 32.1 Å². The van der Waals surface area contributed by atoms with Gasteiger partial charge >= 0.3 is 5.97 Å². The van der Waals surface area contributed by atoms with Gasteiger partial charge < -0.3 is 10.0 Å². The van der Waals surface area contributed by atoms with Crippen molar-refractivity contribution in [3.05, 3.63) is 0 Å². The molecule has 1 amide bonds. The molecule has 2 atom stereocenters. The molecule has 4 heteroatoms. The number of rotatable bonds is 4. The van der Waals surface area contributed by atoms with Gasteiger partial charge in [-0.15, -0.1) is 0 Å². The molecular weight excluding hydrogens is 218 g/mol. The van der Waals surface area contributed by atoms with Crippen LogP contribution in [0.15, 0.2) is 0 Å². The summed E-state index contributed by atoms with van der Waals surface area (Å²) < 4.78 is 0. The number of likely N-dealkylation sites (tertiary alicyclic amines) is 1. The summed E-state index contributed by atoms with van der Waals surface area (Å²) in [4.78, 5) is 24.8. The van der Waals surface area contributed by atoms with E-state index in [1.807, 2.05) is 6.92 Å². The number of carboxylic acid groups (broad SMARTS) is 1. The summed E-state index contributed by atoms with van der Waals surface area (Å²) >= 11 is 0. The van der Waals surface area contributed by atoms with Crippen LogP contribution in [0.4, 0.5) is 0 Å². The van der Waals surface area contributed by atoms with Crippen molar-refractivity contribution in [2.75, 3.05) is 6.54 Å². The van der Waals surface area contributed by atoms with E-state index in [2.05, 4.69) is 0 Å². The van der Waals surface area contributed by atoms with Crippen LogP contribution in [-0.2, 0) is 9.59 Å². The first-order valence-electron chi connectivity index (χ1n) is 6.60. The second kappa shape index (κ2) is 5.07. The van der Waals surface area contributed by atoms with Crippen LogP contribution < -0.4 is 0 Å². The molecule has 0 aromatic heterocycles. The second-order valence-corrected chi connectivity index (χ2v) is 5.49. The zero-order valence-electron chi connectivity index (χ0n) is 10.4. The predicted molar refractivity (Wildman–Crippen MR) is 63.5 cm³/mol. The molecule has 1 aliphatic heterocycles. The fourth-order valence-corrected chi connectivity index (χ4v) is 2.53. The maximum atomic E-state index is 12.0. The molecule has 0 aromatic rings. The summed E-state index contributed by atoms with van der Waals surface area (Å²) in [6.45, 7) is 2.42. The lowest BCUT2D eigenvalue weighted by Crippen LogP contribution is -2.47. The number of aliphatic carboxylic acids is 1. The Morgan fingerprint density at radius 1 is 1.24 bits per heavy atom. The van der Waals surface area contributed by atoms with Gasteiger partial charge in [0.25, 0.3) is 0 Å². The van der Waals surface area contributed by atoms with E-state index >= 15 is 0 Å². The monoisotopic (exact) mass is 239 g/mol. The van der Waals surface area contributed by atoms with Crippen LogP contribution >= 0.6 is 0 Å². The maximum absolute atomic E-state index is 12.0. The highest BCUT2D eigenvalue weighted by atomic mass is 16.4. The Labute approximate surface area is 102 Å². The summed E-state index contributed by atoms with van der Waals surface area (Å²) in [7, 11) is 0. The molecule has 1 heterocycles. The first-order chi connectivity index (χ1) is 8.08. The van der Waals surface area contributed by atoms with Crippen molar-refractivity contribution in [1.29, 1.82) is 0 Å². The van der Waals surface area contributed by atoms with Crippen molar-refractivity contribution in [1.82, 2.24) is 4.90 Å². The highest BCUT2D eigenvalue weighted by Gasteiger charge is 2.33. The van der Waals surface area contributed by atoms with E-state index in [9.17, 15) is 9.59 Å². The zero-order chi connectivity index (χ0) is 12.4. The molecule has 0 radical (unpaired) electrons. The molecule has 2 fully saturated rings. The van der Waals surface area contributed by atoms with Crippen LogP contribution in [0.5, 0.6) is 0 Å². The molecule has 96 valence electrons. The molecule has 0 spiro atoms. The standard InChI is InChI=1S/C13H21NO3/c1-9-2-6-11(13(16)17)8-14(9)12(15)7-5-10-3-4-10/h9-11H,2-8H2,1H3,(H,16,17). The molecule has 2 aliphatic rings. The van der Waals surface area contributed by atoms with Crippen LogP contribution in [-0.4, -0.2) is 34.5 Å². The van der Waals surface area contributed by atoms with E-state index in [0.29, 0.717) is 19.4 Å². The van der Waals surface area contributed by atoms with Gasteiger partial charge in [-0.25, -0.2) is 0 Å². The minimum absolute atomic E-state index is 0.148. The number of nitrogens with zero attached hydrogens (tertiary/aromatic N) is 1. The molecule has 0 aromatic carbocycles. The number of amides is 1. The van der Waals surface area contributed by atoms with Crippen molar-refractivity contribution >= 4 is 11.9 Å². The second-order valence-electron chi connectivity index (χ2n) is 5.49. The summed E-state index contributed by atoms with van der Waals surface area (Å²) in [5.41, 5.74) is 0. The first-order valence-corrected chi connectivity index (χ1v) is 6.60. The largest absolute Gasteiger partial charge is 0.481 e. The van der Waals surface area contributed by atoms with Gasteiger partial charge in [0.1, 0.15) is 0 Å². The van der Waals surface area contributed by atoms with Gasteiger partial charge in [0.15, 0.2) is 0 Å². The van der Waals surface area contributed by atoms with Gasteiger partial charge in [-0.1, -0.05) is 12.8 Å². The highest BCUT2D eigenvalue weighted by molar-refractivity contribution is 5.78. The van der Waals surface area contributed by atoms with Crippen LogP contribution in [0.2, 0.25) is 0 Å². The quantitative estimate of drug-likeness (QED) is 0.815. The molecule has 2 rings (SSSR count). The van der Waals surface area contributed by atoms with Crippen LogP contribution in [0, 0.1) is 11.8 Å². The third-order valence-corrected chi connectivity index (χ3v) is 4.02. The lowest BCUT2D eigenvalue weighted by Gasteiger charge is -2.36. The Bertz CT molecular complexity index is 312. The SMILES string of the molecule is CC1CCC(C(=O)O)CN1C(=O)CCC1CC1. The Morgan fingerprint density at radius 3 is 2.53 bits per heavy atom. The van der Waals surface area contributed by atoms with Crippen LogP contribution in [0.1, 0.15) is 45.4 Å². The summed E-state index contributed by atoms with van der Waals surface area (Å²) in [6, 6.07) is 0.206. The number of carboxylic acids is 1. The number of hydrogen-bond donors (Lipinski definition) is 1. The van der Waals surface area contributed by atoms with E-state index in [1.54, 1.807) is 4.90 Å². The minimum Gasteiger partial charge on any atom is -0.481 e. The third kappa shape index (κ3) is 3.20. The van der Waals surface area contributed by atoms with Gasteiger partial charge in [0.05, 0.1) is 5.92 Å². The fraction of sp³-hybridized carbons (Fsp3) is 0.846. The summed E-state index contributed by atoms with van der Waals surface area (Å²) in [5.74, 6) is -0.224. The molecule has 1 aliphatic carbocycles. The molecule has 1 saturated heterocycles. The summed E-state index contributed by atoms with van der Waals surface area (Å²) in [5, 5.41) is 9.01. The fourth-order valence-electron chi connectivity index (χ4n) is 2.53. The number of hydrogen-bond acceptors (Lipinski definition) is 2. The van der Waals surface area contributed by atoms with E-state index in [0.717, 1.165) is 18.8 Å². The van der Waals surface area contributed by atoms with Crippen LogP contribution in [0.25, 0.3) is 0 Å². The van der Waals surface area contributed by atoms with Crippen molar-refractivity contribution in [2.45, 2.75) is 51.5 Å². The molecule has 2 unspecified atom stereocenters. The Kier molecular flexibility index (Phi) is 3.69. The highest BCUT2D eigenvalue weighted by Crippen LogP contribution is 2.34. The molecular formula is C13H21NO3. The molecule has 4 nitrogen and oxygen atoms in total. The molecule has 1 saturated carbocycles. The number of carbonyl (C=O) groups excluding carboxylic acids is 1. The van der Waals surface area contributed by atoms with Crippen LogP contribution in [0.3, 0.4) is 0 Å². The van der Waals surface area contributed by atoms with Gasteiger partial charge in [-0.2, -0.15) is 0 Å². The van der Waals surface area contributed by atoms with E-state index in [-0.39, 0.29) is 17.9 Å². The summed E-state index contributed by atoms with van der Waals surface area (Å²) in [6.07, 6.45) is 5.62. The maximum Gasteiger partial charge on any atom is 0.308 e. The Balaban J connectivity index is 1.86. The topological polar surface area (TPSA) is 57.6 Å². The van der Waals surface area contributed by atoms with E-state index in [1.165, 1.54) is 12.8 Å². The van der Waals surface area contributed by atoms with Crippen molar-refractivity contribution < 1.29 is 14.7 Å². The van der Waals surface area contributed by atoms with Gasteiger partial charge in [-0.3, -0.25) is 9.59 Å². The first kappa shape index (κ1) is 12.4. The zero-order valence-corrected chi connectivity index (χ0v) is 10.4. The Morgan fingerprint density at radius 2 is 1.94 bits per heavy atom. The molecule has 17 heavy (non-hydrogen) atoms. The lowest BCUT2D eigenvalue weighted by molar-refractivity contribution is -0.147. The smallest absolute Gasteiger partial charge is 0.308 e. The Hall–Kier alpha value is -1.06. The lowest BCUT2D eigenvalue weighted by atomic mass is 9.93. The van der Waals surface area contributed by atoms with Gasteiger partial charge in [0, 0.05) is 19.0 Å². The van der Waals surface area contributed by atoms with Crippen molar-refractivity contribution in [3.8, 4) is 0 Å². The number of carbonyl (C=O) groups is 2. The average molecular weight is 239 g/mol. The van der Waals surface area contributed by atoms with Crippen molar-refractivity contribution in [2.24, 2.45) is 11.8 Å². The number of piperidine rings is 1. The molecule has 0 bridgehead atoms. The molecule has 1 N–H and O–H groups in total. The third-order valence-electron chi connectivity index (χ3n) is 4.02. The van der Waals surface area contributed by atoms with Crippen molar-refractivity contribution in [3.63, 3.8) is 0 Å². The van der Waals surface area contributed by atoms with E-state index < -0.39 is 5.97 Å². The van der Waals surface area contributed by atoms with E-state index in [4.69, 9.17) is 5.11 Å². The minimum atomic E-state index is -0.767. The average Bonchev–Trinajstić information content (AvgIpc) is 3.10. The predicted octanol–water partition coefficient (Wildman–Crippen LogP) is 1.89. The van der Waals surface area contributed by atoms with Gasteiger partial charge in [0.2, 0.25) is 5.91 Å².